The van der Waals surface area contributed by atoms with Gasteiger partial charge < -0.3 is 10.4 Å². The molecule has 3 unspecified atom stereocenters. The largest absolute Gasteiger partial charge is 0.480 e. The summed E-state index contributed by atoms with van der Waals surface area (Å²) >= 11 is 0. The minimum absolute atomic E-state index is 0.0926. The molecular weight excluding hydrogens is 190 g/mol. The molecule has 5 heteroatoms. The Morgan fingerprint density at radius 1 is 1.54 bits per heavy atom. The van der Waals surface area contributed by atoms with Crippen molar-refractivity contribution < 1.29 is 14.1 Å². The van der Waals surface area contributed by atoms with Crippen LogP contribution in [0, 0.1) is 0 Å². The standard InChI is InChI=1S/C8H17NO3S/c1-6(4-5-13(3)12)9-7(2)8(10)11/h6-7,9H,4-5H2,1-3H3,(H,10,11). The van der Waals surface area contributed by atoms with Crippen LogP contribution in [0.25, 0.3) is 0 Å². The quantitative estimate of drug-likeness (QED) is 0.653. The predicted octanol–water partition coefficient (Wildman–Crippen LogP) is 0.206. The van der Waals surface area contributed by atoms with Gasteiger partial charge in [0.1, 0.15) is 6.04 Å². The second-order valence-electron chi connectivity index (χ2n) is 3.19. The van der Waals surface area contributed by atoms with E-state index >= 15 is 0 Å². The first-order chi connectivity index (χ1) is 5.93. The van der Waals surface area contributed by atoms with Gasteiger partial charge in [0.2, 0.25) is 0 Å². The number of hydrogen-bond acceptors (Lipinski definition) is 3. The normalized spacial score (nSPS) is 17.8. The van der Waals surface area contributed by atoms with E-state index in [-0.39, 0.29) is 6.04 Å². The fourth-order valence-corrected chi connectivity index (χ4v) is 1.61. The smallest absolute Gasteiger partial charge is 0.320 e. The van der Waals surface area contributed by atoms with Gasteiger partial charge in [-0.05, 0) is 20.3 Å². The molecule has 0 rings (SSSR count). The van der Waals surface area contributed by atoms with E-state index in [4.69, 9.17) is 5.11 Å². The molecule has 0 amide bonds. The van der Waals surface area contributed by atoms with Crippen LogP contribution in [0.3, 0.4) is 0 Å². The molecular formula is C8H17NO3S. The molecule has 0 heterocycles. The summed E-state index contributed by atoms with van der Waals surface area (Å²) in [7, 11) is -0.799. The summed E-state index contributed by atoms with van der Waals surface area (Å²) in [6.45, 7) is 3.49. The van der Waals surface area contributed by atoms with Crippen molar-refractivity contribution >= 4 is 16.8 Å². The van der Waals surface area contributed by atoms with Gasteiger partial charge in [0.15, 0.2) is 0 Å². The Bertz CT molecular complexity index is 196. The van der Waals surface area contributed by atoms with Crippen LogP contribution in [-0.2, 0) is 15.6 Å². The van der Waals surface area contributed by atoms with Gasteiger partial charge in [0.25, 0.3) is 0 Å². The minimum Gasteiger partial charge on any atom is -0.480 e. The van der Waals surface area contributed by atoms with E-state index in [0.29, 0.717) is 5.75 Å². The summed E-state index contributed by atoms with van der Waals surface area (Å²) in [4.78, 5) is 10.5. The number of carboxylic acids is 1. The Morgan fingerprint density at radius 3 is 2.46 bits per heavy atom. The van der Waals surface area contributed by atoms with Crippen molar-refractivity contribution in [3.8, 4) is 0 Å². The molecule has 0 aliphatic rings. The van der Waals surface area contributed by atoms with Crippen molar-refractivity contribution in [1.82, 2.24) is 5.32 Å². The number of carboxylic acid groups (broad SMARTS) is 1. The summed E-state index contributed by atoms with van der Waals surface area (Å²) in [5.41, 5.74) is 0. The molecule has 0 spiro atoms. The van der Waals surface area contributed by atoms with Crippen molar-refractivity contribution in [2.75, 3.05) is 12.0 Å². The van der Waals surface area contributed by atoms with Crippen LogP contribution in [0.2, 0.25) is 0 Å². The highest BCUT2D eigenvalue weighted by Gasteiger charge is 2.13. The molecule has 0 aliphatic heterocycles. The lowest BCUT2D eigenvalue weighted by atomic mass is 10.2. The molecule has 0 aromatic rings. The van der Waals surface area contributed by atoms with Gasteiger partial charge in [-0.25, -0.2) is 0 Å². The third-order valence-corrected chi connectivity index (χ3v) is 2.55. The molecule has 78 valence electrons. The van der Waals surface area contributed by atoms with Crippen molar-refractivity contribution in [2.24, 2.45) is 0 Å². The Labute approximate surface area is 81.2 Å². The average Bonchev–Trinajstić information content (AvgIpc) is 2.00. The van der Waals surface area contributed by atoms with Crippen LogP contribution in [-0.4, -0.2) is 39.4 Å². The SMILES string of the molecule is CC(CCS(C)=O)NC(C)C(=O)O. The highest BCUT2D eigenvalue weighted by molar-refractivity contribution is 7.84. The summed E-state index contributed by atoms with van der Waals surface area (Å²) in [6, 6.07) is -0.449. The Balaban J connectivity index is 3.67. The van der Waals surface area contributed by atoms with Crippen LogP contribution < -0.4 is 5.32 Å². The third-order valence-electron chi connectivity index (χ3n) is 1.74. The van der Waals surface area contributed by atoms with E-state index < -0.39 is 22.8 Å². The average molecular weight is 207 g/mol. The first kappa shape index (κ1) is 12.6. The van der Waals surface area contributed by atoms with Gasteiger partial charge in [-0.3, -0.25) is 9.00 Å². The van der Waals surface area contributed by atoms with E-state index in [2.05, 4.69) is 5.32 Å². The molecule has 0 saturated heterocycles. The zero-order valence-corrected chi connectivity index (χ0v) is 9.06. The number of carbonyl (C=O) groups is 1. The summed E-state index contributed by atoms with van der Waals surface area (Å²) in [5, 5.41) is 11.5. The fourth-order valence-electron chi connectivity index (χ4n) is 0.924. The second-order valence-corrected chi connectivity index (χ2v) is 4.75. The fraction of sp³-hybridized carbons (Fsp3) is 0.875. The van der Waals surface area contributed by atoms with Gasteiger partial charge in [-0.15, -0.1) is 0 Å². The van der Waals surface area contributed by atoms with E-state index in [9.17, 15) is 9.00 Å². The zero-order valence-electron chi connectivity index (χ0n) is 8.24. The van der Waals surface area contributed by atoms with E-state index in [1.54, 1.807) is 13.2 Å². The second kappa shape index (κ2) is 6.10. The van der Waals surface area contributed by atoms with Gasteiger partial charge in [0.05, 0.1) is 0 Å². The Kier molecular flexibility index (Phi) is 5.90. The third kappa shape index (κ3) is 6.72. The lowest BCUT2D eigenvalue weighted by Crippen LogP contribution is -2.40. The van der Waals surface area contributed by atoms with Crippen LogP contribution >= 0.6 is 0 Å². The molecule has 3 atom stereocenters. The molecule has 0 bridgehead atoms. The summed E-state index contributed by atoms with van der Waals surface area (Å²) in [6.07, 6.45) is 2.38. The molecule has 0 radical (unpaired) electrons. The summed E-state index contributed by atoms with van der Waals surface area (Å²) in [5.74, 6) is -0.245. The molecule has 0 aromatic heterocycles. The highest BCUT2D eigenvalue weighted by atomic mass is 32.2. The molecule has 0 aliphatic carbocycles. The number of nitrogens with one attached hydrogen (secondary N) is 1. The van der Waals surface area contributed by atoms with Crippen LogP contribution in [0.1, 0.15) is 20.3 Å². The van der Waals surface area contributed by atoms with E-state index in [1.807, 2.05) is 6.92 Å². The lowest BCUT2D eigenvalue weighted by molar-refractivity contribution is -0.139. The summed E-state index contributed by atoms with van der Waals surface area (Å²) < 4.78 is 10.7. The first-order valence-corrected chi connectivity index (χ1v) is 5.95. The lowest BCUT2D eigenvalue weighted by Gasteiger charge is -2.16. The molecule has 0 saturated carbocycles. The molecule has 0 fully saturated rings. The first-order valence-electron chi connectivity index (χ1n) is 4.22. The van der Waals surface area contributed by atoms with E-state index in [1.165, 1.54) is 0 Å². The van der Waals surface area contributed by atoms with E-state index in [0.717, 1.165) is 6.42 Å². The van der Waals surface area contributed by atoms with Crippen molar-refractivity contribution in [3.05, 3.63) is 0 Å². The maximum Gasteiger partial charge on any atom is 0.320 e. The minimum atomic E-state index is -0.857. The van der Waals surface area contributed by atoms with Gasteiger partial charge in [0, 0.05) is 28.9 Å². The van der Waals surface area contributed by atoms with Crippen molar-refractivity contribution in [1.29, 1.82) is 0 Å². The number of hydrogen-bond donors (Lipinski definition) is 2. The number of aliphatic carboxylic acids is 1. The predicted molar refractivity (Wildman–Crippen MR) is 53.2 cm³/mol. The molecule has 0 aromatic carbocycles. The Morgan fingerprint density at radius 2 is 2.08 bits per heavy atom. The van der Waals surface area contributed by atoms with Gasteiger partial charge in [-0.2, -0.15) is 0 Å². The van der Waals surface area contributed by atoms with Crippen LogP contribution in [0.5, 0.6) is 0 Å². The molecule has 13 heavy (non-hydrogen) atoms. The monoisotopic (exact) mass is 207 g/mol. The van der Waals surface area contributed by atoms with Gasteiger partial charge >= 0.3 is 5.97 Å². The van der Waals surface area contributed by atoms with Crippen LogP contribution in [0.4, 0.5) is 0 Å². The van der Waals surface area contributed by atoms with Crippen molar-refractivity contribution in [2.45, 2.75) is 32.4 Å². The maximum absolute atomic E-state index is 10.7. The maximum atomic E-state index is 10.7. The molecule has 4 nitrogen and oxygen atoms in total. The highest BCUT2D eigenvalue weighted by Crippen LogP contribution is 1.95. The molecule has 2 N–H and O–H groups in total. The Hall–Kier alpha value is -0.420. The topological polar surface area (TPSA) is 66.4 Å². The van der Waals surface area contributed by atoms with Crippen LogP contribution in [0.15, 0.2) is 0 Å². The van der Waals surface area contributed by atoms with Gasteiger partial charge in [-0.1, -0.05) is 0 Å². The number of rotatable bonds is 6. The zero-order chi connectivity index (χ0) is 10.4. The van der Waals surface area contributed by atoms with Crippen molar-refractivity contribution in [3.63, 3.8) is 0 Å².